The maximum atomic E-state index is 12.5. The van der Waals surface area contributed by atoms with Gasteiger partial charge in [-0.05, 0) is 32.1 Å². The van der Waals surface area contributed by atoms with E-state index in [1.54, 1.807) is 0 Å². The monoisotopic (exact) mass is 309 g/mol. The number of piperidine rings is 1. The minimum Gasteiger partial charge on any atom is -0.480 e. The second kappa shape index (κ2) is 7.26. The van der Waals surface area contributed by atoms with Gasteiger partial charge in [-0.3, -0.25) is 4.79 Å². The van der Waals surface area contributed by atoms with Crippen LogP contribution in [-0.2, 0) is 14.8 Å². The summed E-state index contributed by atoms with van der Waals surface area (Å²) in [4.78, 5) is 11.2. The number of nitrogens with zero attached hydrogens (tertiary/aromatic N) is 1. The highest BCUT2D eigenvalue weighted by atomic mass is 35.5. The van der Waals surface area contributed by atoms with Gasteiger partial charge in [-0.1, -0.05) is 6.08 Å². The van der Waals surface area contributed by atoms with Gasteiger partial charge in [0, 0.05) is 12.4 Å². The van der Waals surface area contributed by atoms with Gasteiger partial charge in [0.05, 0.1) is 5.25 Å². The summed E-state index contributed by atoms with van der Waals surface area (Å²) in [7, 11) is -3.66. The van der Waals surface area contributed by atoms with E-state index in [1.807, 2.05) is 0 Å². The third kappa shape index (κ3) is 3.94. The number of carboxylic acid groups (broad SMARTS) is 1. The third-order valence-corrected chi connectivity index (χ3v) is 5.88. The second-order valence-corrected chi connectivity index (χ2v) is 7.09. The number of alkyl halides is 1. The molecule has 7 heteroatoms. The van der Waals surface area contributed by atoms with Crippen LogP contribution in [0.2, 0.25) is 0 Å². The van der Waals surface area contributed by atoms with E-state index in [0.717, 1.165) is 10.7 Å². The molecule has 1 heterocycles. The molecule has 0 aromatic heterocycles. The molecule has 0 amide bonds. The molecule has 2 unspecified atom stereocenters. The summed E-state index contributed by atoms with van der Waals surface area (Å²) in [6.45, 7) is 3.82. The number of hydrogen-bond acceptors (Lipinski definition) is 3. The van der Waals surface area contributed by atoms with Crippen LogP contribution < -0.4 is 0 Å². The van der Waals surface area contributed by atoms with Crippen LogP contribution in [0.15, 0.2) is 12.7 Å². The highest BCUT2D eigenvalue weighted by Gasteiger charge is 2.39. The molecule has 2 atom stereocenters. The molecule has 1 rings (SSSR count). The molecule has 19 heavy (non-hydrogen) atoms. The molecule has 110 valence electrons. The zero-order chi connectivity index (χ0) is 14.5. The number of sulfonamides is 1. The quantitative estimate of drug-likeness (QED) is 0.575. The van der Waals surface area contributed by atoms with E-state index >= 15 is 0 Å². The van der Waals surface area contributed by atoms with Gasteiger partial charge in [-0.2, -0.15) is 4.31 Å². The SMILES string of the molecule is C=CC(CCCCl)S(=O)(=O)N1CCCCC1C(=O)O. The first-order valence-electron chi connectivity index (χ1n) is 6.37. The lowest BCUT2D eigenvalue weighted by Crippen LogP contribution is -2.50. The van der Waals surface area contributed by atoms with E-state index in [9.17, 15) is 13.2 Å². The van der Waals surface area contributed by atoms with Crippen LogP contribution >= 0.6 is 11.6 Å². The number of halogens is 1. The van der Waals surface area contributed by atoms with Gasteiger partial charge in [0.1, 0.15) is 6.04 Å². The average Bonchev–Trinajstić information content (AvgIpc) is 2.39. The van der Waals surface area contributed by atoms with Crippen molar-refractivity contribution in [3.05, 3.63) is 12.7 Å². The number of hydrogen-bond donors (Lipinski definition) is 1. The van der Waals surface area contributed by atoms with Crippen molar-refractivity contribution < 1.29 is 18.3 Å². The molecule has 0 aromatic carbocycles. The lowest BCUT2D eigenvalue weighted by molar-refractivity contribution is -0.142. The van der Waals surface area contributed by atoms with Crippen molar-refractivity contribution in [3.63, 3.8) is 0 Å². The fraction of sp³-hybridized carbons (Fsp3) is 0.750. The predicted octanol–water partition coefficient (Wildman–Crippen LogP) is 1.83. The number of carboxylic acids is 1. The number of rotatable bonds is 7. The highest BCUT2D eigenvalue weighted by molar-refractivity contribution is 7.89. The highest BCUT2D eigenvalue weighted by Crippen LogP contribution is 2.25. The molecule has 1 saturated heterocycles. The van der Waals surface area contributed by atoms with Gasteiger partial charge >= 0.3 is 5.97 Å². The summed E-state index contributed by atoms with van der Waals surface area (Å²) in [5.74, 6) is -0.703. The molecule has 0 aliphatic carbocycles. The smallest absolute Gasteiger partial charge is 0.322 e. The average molecular weight is 310 g/mol. The van der Waals surface area contributed by atoms with Gasteiger partial charge in [0.15, 0.2) is 0 Å². The molecule has 0 radical (unpaired) electrons. The summed E-state index contributed by atoms with van der Waals surface area (Å²) < 4.78 is 26.1. The Bertz CT molecular complexity index is 423. The molecule has 0 bridgehead atoms. The predicted molar refractivity (Wildman–Crippen MR) is 74.8 cm³/mol. The fourth-order valence-corrected chi connectivity index (χ4v) is 4.44. The Labute approximate surface area is 119 Å². The van der Waals surface area contributed by atoms with Crippen LogP contribution in [0.4, 0.5) is 0 Å². The molecule has 0 spiro atoms. The first-order valence-corrected chi connectivity index (χ1v) is 8.41. The Balaban J connectivity index is 2.94. The zero-order valence-corrected chi connectivity index (χ0v) is 12.4. The summed E-state index contributed by atoms with van der Waals surface area (Å²) in [5, 5.41) is 8.39. The molecular formula is C12H20ClNO4S. The Hall–Kier alpha value is -0.590. The van der Waals surface area contributed by atoms with E-state index in [1.165, 1.54) is 6.08 Å². The molecule has 1 N–H and O–H groups in total. The maximum Gasteiger partial charge on any atom is 0.322 e. The summed E-state index contributed by atoms with van der Waals surface area (Å²) >= 11 is 5.58. The normalized spacial score (nSPS) is 22.9. The van der Waals surface area contributed by atoms with Crippen molar-refractivity contribution in [2.75, 3.05) is 12.4 Å². The van der Waals surface area contributed by atoms with Crippen molar-refractivity contribution in [3.8, 4) is 0 Å². The van der Waals surface area contributed by atoms with Gasteiger partial charge < -0.3 is 5.11 Å². The zero-order valence-electron chi connectivity index (χ0n) is 10.8. The Morgan fingerprint density at radius 3 is 2.74 bits per heavy atom. The van der Waals surface area contributed by atoms with Crippen LogP contribution in [0.25, 0.3) is 0 Å². The van der Waals surface area contributed by atoms with Gasteiger partial charge in [0.25, 0.3) is 0 Å². The van der Waals surface area contributed by atoms with E-state index < -0.39 is 27.3 Å². The summed E-state index contributed by atoms with van der Waals surface area (Å²) in [6, 6.07) is -0.947. The van der Waals surface area contributed by atoms with Crippen LogP contribution in [0.3, 0.4) is 0 Å². The lowest BCUT2D eigenvalue weighted by Gasteiger charge is -2.34. The van der Waals surface area contributed by atoms with Crippen LogP contribution in [-0.4, -0.2) is 47.5 Å². The van der Waals surface area contributed by atoms with E-state index in [4.69, 9.17) is 16.7 Å². The lowest BCUT2D eigenvalue weighted by atomic mass is 10.1. The summed E-state index contributed by atoms with van der Waals surface area (Å²) in [5.41, 5.74) is 0. The first-order chi connectivity index (χ1) is 8.95. The molecule has 1 fully saturated rings. The summed E-state index contributed by atoms with van der Waals surface area (Å²) in [6.07, 6.45) is 4.11. The Kier molecular flexibility index (Phi) is 6.29. The minimum absolute atomic E-state index is 0.268. The minimum atomic E-state index is -3.66. The number of carbonyl (C=O) groups is 1. The van der Waals surface area contributed by atoms with Gasteiger partial charge in [0.2, 0.25) is 10.0 Å². The second-order valence-electron chi connectivity index (χ2n) is 4.61. The van der Waals surface area contributed by atoms with E-state index in [-0.39, 0.29) is 6.54 Å². The van der Waals surface area contributed by atoms with Gasteiger partial charge in [-0.15, -0.1) is 18.2 Å². The maximum absolute atomic E-state index is 12.5. The molecule has 1 aliphatic heterocycles. The van der Waals surface area contributed by atoms with Gasteiger partial charge in [-0.25, -0.2) is 8.42 Å². The van der Waals surface area contributed by atoms with Crippen LogP contribution in [0, 0.1) is 0 Å². The third-order valence-electron chi connectivity index (χ3n) is 3.33. The Morgan fingerprint density at radius 1 is 1.53 bits per heavy atom. The molecule has 1 aliphatic rings. The molecular weight excluding hydrogens is 290 g/mol. The largest absolute Gasteiger partial charge is 0.480 e. The van der Waals surface area contributed by atoms with Crippen molar-refractivity contribution >= 4 is 27.6 Å². The topological polar surface area (TPSA) is 74.7 Å². The first kappa shape index (κ1) is 16.5. The standard InChI is InChI=1S/C12H20ClNO4S/c1-2-10(6-5-8-13)19(17,18)14-9-4-3-7-11(14)12(15)16/h2,10-11H,1,3-9H2,(H,15,16). The fourth-order valence-electron chi connectivity index (χ4n) is 2.30. The van der Waals surface area contributed by atoms with E-state index in [2.05, 4.69) is 6.58 Å². The molecule has 5 nitrogen and oxygen atoms in total. The van der Waals surface area contributed by atoms with E-state index in [0.29, 0.717) is 31.6 Å². The van der Waals surface area contributed by atoms with Crippen LogP contribution in [0.5, 0.6) is 0 Å². The molecule has 0 aromatic rings. The Morgan fingerprint density at radius 2 is 2.21 bits per heavy atom. The van der Waals surface area contributed by atoms with Crippen molar-refractivity contribution in [2.24, 2.45) is 0 Å². The van der Waals surface area contributed by atoms with Crippen molar-refractivity contribution in [2.45, 2.75) is 43.4 Å². The number of aliphatic carboxylic acids is 1. The van der Waals surface area contributed by atoms with Crippen molar-refractivity contribution in [1.29, 1.82) is 0 Å². The van der Waals surface area contributed by atoms with Crippen LogP contribution in [0.1, 0.15) is 32.1 Å². The molecule has 0 saturated carbocycles. The van der Waals surface area contributed by atoms with Crippen molar-refractivity contribution in [1.82, 2.24) is 4.31 Å².